The van der Waals surface area contributed by atoms with Gasteiger partial charge in [-0.25, -0.2) is 59.9 Å². The maximum atomic E-state index is 5.67. The van der Waals surface area contributed by atoms with Crippen LogP contribution in [0.5, 0.6) is 0 Å². The second kappa shape index (κ2) is 46.4. The molecule has 1 saturated heterocycles. The molecular weight excluding hydrogens is 1590 g/mol. The SMILES string of the molecule is CN=C1NC(=NCc2ccc(C)[nH]2)NC(C)N1.CN=C1NC(N(C)Cc2ccc(C)[nH]2)=NC(C)N1.Cc1ccc(CN(C)C2=NC(C)N=C(N(C)C)N2)[nH]1.Cc1ccc(CN(C)C2=NC(C)N=C(N(C)C)N2C)[nH]1.Cc1ccc(CN(C)C2=NC(C)N=C(N)N2)[nH]1.Cc1ccc(CN=C2NC(N(C)C)=NC(C)N2)[nH]1.Cc1ccc(CN=C2NC(N)=NC(C)N2)[nH]1. The van der Waals surface area contributed by atoms with Crippen LogP contribution in [0.3, 0.4) is 0 Å². The van der Waals surface area contributed by atoms with Crippen LogP contribution in [0.15, 0.2) is 155 Å². The fourth-order valence-electron chi connectivity index (χ4n) is 12.9. The molecule has 0 spiro atoms. The zero-order chi connectivity index (χ0) is 91.3. The molecule has 0 saturated carbocycles. The van der Waals surface area contributed by atoms with Gasteiger partial charge in [0.2, 0.25) is 41.7 Å². The number of hydrogen-bond acceptors (Lipinski definition) is 26. The Hall–Kier alpha value is -13.9. The Morgan fingerprint density at radius 2 is 0.600 bits per heavy atom. The highest BCUT2D eigenvalue weighted by Gasteiger charge is 2.27. The quantitative estimate of drug-likeness (QED) is 0.0723. The van der Waals surface area contributed by atoms with Crippen molar-refractivity contribution >= 4 is 83.4 Å². The topological polar surface area (TPSA) is 494 Å². The molecule has 0 aliphatic carbocycles. The lowest BCUT2D eigenvalue weighted by molar-refractivity contribution is 0.402. The summed E-state index contributed by atoms with van der Waals surface area (Å²) in [7, 11) is 25.4. The molecule has 42 nitrogen and oxygen atoms in total. The molecule has 7 aromatic rings. The van der Waals surface area contributed by atoms with E-state index >= 15 is 0 Å². The van der Waals surface area contributed by atoms with E-state index in [1.807, 2.05) is 214 Å². The fraction of sp³-hybridized carbons (Fsp3) is 0.494. The normalized spacial score (nSPS) is 20.7. The van der Waals surface area contributed by atoms with Gasteiger partial charge < -0.3 is 107 Å². The molecule has 14 heterocycles. The van der Waals surface area contributed by atoms with Crippen molar-refractivity contribution in [3.63, 3.8) is 0 Å². The van der Waals surface area contributed by atoms with E-state index in [4.69, 9.17) is 11.5 Å². The third kappa shape index (κ3) is 32.2. The van der Waals surface area contributed by atoms with Gasteiger partial charge >= 0.3 is 0 Å². The molecule has 680 valence electrons. The molecule has 7 aromatic heterocycles. The Bertz CT molecular complexity index is 5040. The second-order valence-corrected chi connectivity index (χ2v) is 31.7. The second-order valence-electron chi connectivity index (χ2n) is 31.7. The monoisotopic (exact) mass is 1720 g/mol. The Labute approximate surface area is 736 Å². The predicted octanol–water partition coefficient (Wildman–Crippen LogP) is 4.27. The van der Waals surface area contributed by atoms with Crippen molar-refractivity contribution in [2.75, 3.05) is 91.6 Å². The van der Waals surface area contributed by atoms with Crippen LogP contribution in [0.25, 0.3) is 0 Å². The number of rotatable bonds is 14. The van der Waals surface area contributed by atoms with Crippen LogP contribution >= 0.6 is 0 Å². The molecule has 0 aromatic carbocycles. The zero-order valence-corrected chi connectivity index (χ0v) is 78.1. The molecule has 14 rings (SSSR count). The minimum Gasteiger partial charge on any atom is -0.370 e. The number of nitrogens with two attached hydrogens (primary N) is 2. The van der Waals surface area contributed by atoms with Crippen LogP contribution in [-0.4, -0.2) is 292 Å². The molecule has 125 heavy (non-hydrogen) atoms. The molecule has 0 bridgehead atoms. The maximum absolute atomic E-state index is 5.67. The maximum Gasteiger partial charge on any atom is 0.205 e. The molecule has 22 N–H and O–H groups in total. The molecule has 0 radical (unpaired) electrons. The van der Waals surface area contributed by atoms with Crippen molar-refractivity contribution in [3.8, 4) is 0 Å². The highest BCUT2D eigenvalue weighted by Crippen LogP contribution is 2.16. The zero-order valence-electron chi connectivity index (χ0n) is 78.1. The number of hydrogen-bond donors (Lipinski definition) is 20. The average Bonchev–Trinajstić information content (AvgIpc) is 1.76. The van der Waals surface area contributed by atoms with E-state index in [9.17, 15) is 0 Å². The summed E-state index contributed by atoms with van der Waals surface area (Å²) in [6, 6.07) is 28.9. The number of aromatic nitrogens is 7. The van der Waals surface area contributed by atoms with Crippen LogP contribution in [0.2, 0.25) is 0 Å². The Kier molecular flexibility index (Phi) is 35.9. The van der Waals surface area contributed by atoms with Gasteiger partial charge in [-0.15, -0.1) is 0 Å². The minimum atomic E-state index is -0.126. The van der Waals surface area contributed by atoms with Crippen molar-refractivity contribution in [2.45, 2.75) is 186 Å². The summed E-state index contributed by atoms with van der Waals surface area (Å²) in [4.78, 5) is 100. The summed E-state index contributed by atoms with van der Waals surface area (Å²) in [5.74, 6) is 10.4. The number of aliphatic imine (C=N–C) groups is 14. The number of H-pyrrole nitrogens is 7. The number of guanidine groups is 14. The molecule has 7 aliphatic heterocycles. The van der Waals surface area contributed by atoms with Crippen LogP contribution in [0, 0.1) is 48.5 Å². The van der Waals surface area contributed by atoms with Crippen molar-refractivity contribution in [2.24, 2.45) is 81.4 Å². The third-order valence-corrected chi connectivity index (χ3v) is 18.8. The first-order valence-corrected chi connectivity index (χ1v) is 41.7. The van der Waals surface area contributed by atoms with Gasteiger partial charge in [-0.2, -0.15) is 0 Å². The van der Waals surface area contributed by atoms with E-state index in [1.165, 1.54) is 34.2 Å². The smallest absolute Gasteiger partial charge is 0.205 e. The van der Waals surface area contributed by atoms with Gasteiger partial charge in [0.15, 0.2) is 41.7 Å². The number of nitrogens with zero attached hydrogens (tertiary/aromatic N) is 22. The van der Waals surface area contributed by atoms with E-state index in [-0.39, 0.29) is 43.2 Å². The summed E-state index contributed by atoms with van der Waals surface area (Å²) in [5, 5.41) is 34.2. The lowest BCUT2D eigenvalue weighted by Gasteiger charge is -2.35. The fourth-order valence-corrected chi connectivity index (χ4v) is 12.9. The highest BCUT2D eigenvalue weighted by molar-refractivity contribution is 6.04. The molecule has 42 heteroatoms. The Morgan fingerprint density at radius 1 is 0.304 bits per heavy atom. The standard InChI is InChI=1S/C14H24N6.C13H22N6.2C12H20N6.2C11H18N6.C10H16N6/c1-10-7-8-12(15-10)9-19(5)14-17-11(2)16-13(18(3)4)20(14)6;1-9-6-7-11(14-9)8-19(5)13-16-10(2)15-12(17-13)18(3)4;1-8-5-6-10(14-8)7-13-11-15-9(2)16-12(17-11)18(3)4;1-8-5-6-10(14-8)7-18(4)12-16-9(2)15-11(13-3)17-12;1-7-4-5-9(13-7)6-17(3)11-15-8(2)14-10(12)16-11;1-7-4-5-9(14-7)6-13-11-16-8(2)15-10(12-3)17-11;1-6-3-4-8(13-6)5-12-10-15-7(2)14-9(11)16-10/h7-8,11,15H,9H2,1-6H3;6-7,10,14H,8H2,1-5H3,(H,15,16,17);2*5-6,9,14H,7H2,1-4H3,(H2,13,15,16,17);4-5,8,13H,6H2,1-3H3,(H3,12,14,15,16);4-5,8,14H,6H2,1-3H3,(H3,12,13,15,16,17);3-4,7,13H,5H2,1-2H3,(H4,11,12,14,15,16). The molecular formula is C83H138N42. The van der Waals surface area contributed by atoms with Crippen molar-refractivity contribution < 1.29 is 0 Å². The molecule has 1 fully saturated rings. The van der Waals surface area contributed by atoms with E-state index < -0.39 is 0 Å². The predicted molar refractivity (Wildman–Crippen MR) is 510 cm³/mol. The Balaban J connectivity index is 0.000000181. The summed E-state index contributed by atoms with van der Waals surface area (Å²) in [5.41, 5.74) is 27.3. The number of aromatic amines is 7. The summed E-state index contributed by atoms with van der Waals surface area (Å²) >= 11 is 0. The van der Waals surface area contributed by atoms with Crippen molar-refractivity contribution in [3.05, 3.63) is 165 Å². The largest absolute Gasteiger partial charge is 0.370 e. The molecule has 7 atom stereocenters. The van der Waals surface area contributed by atoms with Gasteiger partial charge in [0.25, 0.3) is 0 Å². The van der Waals surface area contributed by atoms with Crippen LogP contribution in [0.4, 0.5) is 0 Å². The van der Waals surface area contributed by atoms with Crippen LogP contribution in [-0.2, 0) is 45.8 Å². The first-order chi connectivity index (χ1) is 59.3. The van der Waals surface area contributed by atoms with E-state index in [0.717, 1.165) is 137 Å². The van der Waals surface area contributed by atoms with Crippen LogP contribution < -0.4 is 70.0 Å². The van der Waals surface area contributed by atoms with Crippen LogP contribution in [0.1, 0.15) is 128 Å². The van der Waals surface area contributed by atoms with Crippen molar-refractivity contribution in [1.82, 2.24) is 133 Å². The summed E-state index contributed by atoms with van der Waals surface area (Å²) < 4.78 is 0. The third-order valence-electron chi connectivity index (χ3n) is 18.8. The van der Waals surface area contributed by atoms with E-state index in [0.29, 0.717) is 37.5 Å². The Morgan fingerprint density at radius 3 is 0.984 bits per heavy atom. The van der Waals surface area contributed by atoms with E-state index in [1.54, 1.807) is 14.1 Å². The number of nitrogens with one attached hydrogen (secondary N) is 18. The molecule has 7 unspecified atom stereocenters. The van der Waals surface area contributed by atoms with Gasteiger partial charge in [-0.3, -0.25) is 46.8 Å². The van der Waals surface area contributed by atoms with Gasteiger partial charge in [0.05, 0.1) is 52.0 Å². The highest BCUT2D eigenvalue weighted by atomic mass is 15.5. The first kappa shape index (κ1) is 96.6. The lowest BCUT2D eigenvalue weighted by Crippen LogP contribution is -2.61. The van der Waals surface area contributed by atoms with Gasteiger partial charge in [0, 0.05) is 171 Å². The van der Waals surface area contributed by atoms with E-state index in [2.05, 4.69) is 247 Å². The minimum absolute atomic E-state index is 0.0350. The van der Waals surface area contributed by atoms with Gasteiger partial charge in [-0.1, -0.05) is 0 Å². The first-order valence-electron chi connectivity index (χ1n) is 41.7. The summed E-state index contributed by atoms with van der Waals surface area (Å²) in [6.07, 6.45) is -0.0722. The molecule has 0 amide bonds. The van der Waals surface area contributed by atoms with Gasteiger partial charge in [0.1, 0.15) is 37.0 Å². The lowest BCUT2D eigenvalue weighted by atomic mass is 10.4. The summed E-state index contributed by atoms with van der Waals surface area (Å²) in [6.45, 7) is 33.0. The number of aryl methyl sites for hydroxylation is 7. The average molecular weight is 1720 g/mol. The molecule has 7 aliphatic rings. The van der Waals surface area contributed by atoms with Crippen molar-refractivity contribution in [1.29, 1.82) is 0 Å². The van der Waals surface area contributed by atoms with Gasteiger partial charge in [-0.05, 0) is 182 Å².